The highest BCUT2D eigenvalue weighted by atomic mass is 19.4. The van der Waals surface area contributed by atoms with Crippen molar-refractivity contribution in [1.82, 2.24) is 20.1 Å². The summed E-state index contributed by atoms with van der Waals surface area (Å²) in [7, 11) is 1.25. The first kappa shape index (κ1) is 26.0. The number of carbonyl (C=O) groups is 1. The molecule has 1 N–H and O–H groups in total. The number of alkyl halides is 6. The molecule has 7 nitrogen and oxygen atoms in total. The fourth-order valence-electron chi connectivity index (χ4n) is 4.88. The van der Waals surface area contributed by atoms with Crippen LogP contribution in [-0.2, 0) is 31.4 Å². The van der Waals surface area contributed by atoms with Gasteiger partial charge in [-0.3, -0.25) is 4.79 Å². The Morgan fingerprint density at radius 2 is 1.68 bits per heavy atom. The fraction of sp³-hybridized carbons (Fsp3) is 0.400. The zero-order valence-electron chi connectivity index (χ0n) is 20.5. The third-order valence-corrected chi connectivity index (χ3v) is 7.10. The normalized spacial score (nSPS) is 18.1. The minimum atomic E-state index is -4.72. The van der Waals surface area contributed by atoms with Gasteiger partial charge in [0.25, 0.3) is 5.91 Å². The van der Waals surface area contributed by atoms with Crippen molar-refractivity contribution in [2.75, 3.05) is 36.0 Å². The molecule has 2 aromatic carbocycles. The number of hydrogen-bond acceptors (Lipinski definition) is 5. The first-order chi connectivity index (χ1) is 17.8. The Morgan fingerprint density at radius 1 is 0.974 bits per heavy atom. The number of amides is 1. The van der Waals surface area contributed by atoms with Crippen LogP contribution in [0.5, 0.6) is 0 Å². The molecule has 3 heterocycles. The maximum Gasteiger partial charge on any atom is 0.416 e. The van der Waals surface area contributed by atoms with Crippen LogP contribution in [-0.4, -0.2) is 46.9 Å². The number of halogens is 6. The Morgan fingerprint density at radius 3 is 2.32 bits per heavy atom. The summed E-state index contributed by atoms with van der Waals surface area (Å²) in [6.07, 6.45) is -3.70. The van der Waals surface area contributed by atoms with Gasteiger partial charge in [0.15, 0.2) is 0 Å². The second-order valence-electron chi connectivity index (χ2n) is 9.54. The van der Waals surface area contributed by atoms with Gasteiger partial charge in [0.1, 0.15) is 6.33 Å². The van der Waals surface area contributed by atoms with Crippen molar-refractivity contribution in [2.45, 2.75) is 31.2 Å². The Kier molecular flexibility index (Phi) is 6.16. The number of aryl methyl sites for hydroxylation is 1. The predicted molar refractivity (Wildman–Crippen MR) is 127 cm³/mol. The monoisotopic (exact) mass is 538 g/mol. The average Bonchev–Trinajstić information content (AvgIpc) is 3.47. The van der Waals surface area contributed by atoms with E-state index in [4.69, 9.17) is 0 Å². The number of piperazine rings is 1. The van der Waals surface area contributed by atoms with Crippen LogP contribution < -0.4 is 15.1 Å². The van der Waals surface area contributed by atoms with E-state index >= 15 is 13.2 Å². The minimum absolute atomic E-state index is 0.00168. The summed E-state index contributed by atoms with van der Waals surface area (Å²) in [6, 6.07) is 7.31. The van der Waals surface area contributed by atoms with Crippen LogP contribution in [0.25, 0.3) is 0 Å². The van der Waals surface area contributed by atoms with E-state index in [9.17, 15) is 18.0 Å². The molecule has 0 aliphatic carbocycles. The lowest BCUT2D eigenvalue weighted by atomic mass is 9.90. The third kappa shape index (κ3) is 4.18. The van der Waals surface area contributed by atoms with Crippen molar-refractivity contribution >= 4 is 17.3 Å². The molecule has 1 amide bonds. The summed E-state index contributed by atoms with van der Waals surface area (Å²) in [6.45, 7) is 2.38. The number of aromatic nitrogens is 3. The van der Waals surface area contributed by atoms with Gasteiger partial charge < -0.3 is 19.7 Å². The topological polar surface area (TPSA) is 66.3 Å². The van der Waals surface area contributed by atoms with Gasteiger partial charge in [-0.05, 0) is 42.3 Å². The lowest BCUT2D eigenvalue weighted by Crippen LogP contribution is -2.43. The van der Waals surface area contributed by atoms with Crippen molar-refractivity contribution < 1.29 is 31.1 Å². The first-order valence-corrected chi connectivity index (χ1v) is 11.9. The first-order valence-electron chi connectivity index (χ1n) is 11.9. The van der Waals surface area contributed by atoms with Gasteiger partial charge in [0.05, 0.1) is 12.1 Å². The molecule has 1 aromatic heterocycles. The second kappa shape index (κ2) is 9.00. The number of rotatable bonds is 5. The number of nitrogens with one attached hydrogen (secondary N) is 1. The summed E-state index contributed by atoms with van der Waals surface area (Å²) in [5, 5.41) is 9.86. The van der Waals surface area contributed by atoms with Crippen LogP contribution in [0.2, 0.25) is 0 Å². The zero-order chi connectivity index (χ0) is 27.5. The molecule has 38 heavy (non-hydrogen) atoms. The fourth-order valence-corrected chi connectivity index (χ4v) is 4.88. The molecule has 202 valence electrons. The van der Waals surface area contributed by atoms with Crippen LogP contribution in [0.1, 0.15) is 39.8 Å². The smallest absolute Gasteiger partial charge is 0.369 e. The maximum atomic E-state index is 15.8. The minimum Gasteiger partial charge on any atom is -0.369 e. The standard InChI is InChI=1S/C25H24F6N6O/c1-23(26,24(27,28)22-34-33-14-35(22)2)15-4-3-5-16(10-15)37-13-19-18(21(37)38)11-17(12-20(19)25(29,30)31)36-8-6-32-7-9-36/h3-5,10-12,14,32H,6-9,13H2,1-2H3. The second-order valence-corrected chi connectivity index (χ2v) is 9.54. The van der Waals surface area contributed by atoms with E-state index in [-0.39, 0.29) is 22.5 Å². The quantitative estimate of drug-likeness (QED) is 0.489. The molecule has 2 aliphatic heterocycles. The Hall–Kier alpha value is -3.61. The average molecular weight is 538 g/mol. The largest absolute Gasteiger partial charge is 0.416 e. The third-order valence-electron chi connectivity index (χ3n) is 7.10. The molecule has 0 spiro atoms. The highest BCUT2D eigenvalue weighted by Gasteiger charge is 2.57. The molecule has 5 rings (SSSR count). The van der Waals surface area contributed by atoms with Crippen molar-refractivity contribution in [3.05, 3.63) is 70.8 Å². The van der Waals surface area contributed by atoms with E-state index < -0.39 is 47.2 Å². The number of fused-ring (bicyclic) bond motifs is 1. The molecule has 0 saturated carbocycles. The molecule has 3 aromatic rings. The van der Waals surface area contributed by atoms with Crippen LogP contribution in [0.3, 0.4) is 0 Å². The Labute approximate surface area is 214 Å². The van der Waals surface area contributed by atoms with E-state index in [1.165, 1.54) is 25.2 Å². The molecule has 1 atom stereocenters. The van der Waals surface area contributed by atoms with Gasteiger partial charge in [0, 0.05) is 50.2 Å². The Balaban J connectivity index is 1.52. The highest BCUT2D eigenvalue weighted by molar-refractivity contribution is 6.11. The van der Waals surface area contributed by atoms with Crippen molar-refractivity contribution in [1.29, 1.82) is 0 Å². The van der Waals surface area contributed by atoms with E-state index in [1.54, 1.807) is 4.90 Å². The van der Waals surface area contributed by atoms with Gasteiger partial charge >= 0.3 is 12.1 Å². The van der Waals surface area contributed by atoms with E-state index in [0.717, 1.165) is 34.0 Å². The molecule has 0 bridgehead atoms. The SMILES string of the molecule is Cn1cnnc1C(F)(F)C(C)(F)c1cccc(N2Cc3c(cc(N4CCNCC4)cc3C(F)(F)F)C2=O)c1. The van der Waals surface area contributed by atoms with Crippen molar-refractivity contribution in [3.8, 4) is 0 Å². The lowest BCUT2D eigenvalue weighted by Gasteiger charge is -2.30. The van der Waals surface area contributed by atoms with Crippen LogP contribution in [0, 0.1) is 0 Å². The predicted octanol–water partition coefficient (Wildman–Crippen LogP) is 4.38. The number of carbonyl (C=O) groups excluding carboxylic acids is 1. The van der Waals surface area contributed by atoms with E-state index in [2.05, 4.69) is 15.5 Å². The van der Waals surface area contributed by atoms with Gasteiger partial charge in [-0.25, -0.2) is 4.39 Å². The summed E-state index contributed by atoms with van der Waals surface area (Å²) >= 11 is 0. The number of hydrogen-bond donors (Lipinski definition) is 1. The summed E-state index contributed by atoms with van der Waals surface area (Å²) in [5.74, 6) is -5.72. The molecular weight excluding hydrogens is 514 g/mol. The van der Waals surface area contributed by atoms with Crippen molar-refractivity contribution in [2.24, 2.45) is 7.05 Å². The number of anilines is 2. The molecule has 1 unspecified atom stereocenters. The van der Waals surface area contributed by atoms with Gasteiger partial charge in [-0.1, -0.05) is 12.1 Å². The van der Waals surface area contributed by atoms with Crippen LogP contribution >= 0.6 is 0 Å². The van der Waals surface area contributed by atoms with Crippen molar-refractivity contribution in [3.63, 3.8) is 0 Å². The Bertz CT molecular complexity index is 1380. The summed E-state index contributed by atoms with van der Waals surface area (Å²) < 4.78 is 89.2. The highest BCUT2D eigenvalue weighted by Crippen LogP contribution is 2.48. The summed E-state index contributed by atoms with van der Waals surface area (Å²) in [4.78, 5) is 16.2. The van der Waals surface area contributed by atoms with Gasteiger partial charge in [-0.2, -0.15) is 22.0 Å². The molecular formula is C25H24F6N6O. The molecule has 2 aliphatic rings. The molecule has 0 radical (unpaired) electrons. The summed E-state index contributed by atoms with van der Waals surface area (Å²) in [5.41, 5.74) is -4.72. The van der Waals surface area contributed by atoms with Gasteiger partial charge in [-0.15, -0.1) is 10.2 Å². The van der Waals surface area contributed by atoms with E-state index in [0.29, 0.717) is 33.1 Å². The van der Waals surface area contributed by atoms with Crippen LogP contribution in [0.15, 0.2) is 42.7 Å². The van der Waals surface area contributed by atoms with E-state index in [1.807, 2.05) is 0 Å². The van der Waals surface area contributed by atoms with Crippen LogP contribution in [0.4, 0.5) is 37.7 Å². The number of benzene rings is 2. The molecule has 1 saturated heterocycles. The lowest BCUT2D eigenvalue weighted by molar-refractivity contribution is -0.149. The molecule has 1 fully saturated rings. The maximum absolute atomic E-state index is 15.8. The van der Waals surface area contributed by atoms with Gasteiger partial charge in [0.2, 0.25) is 11.5 Å². The number of nitrogens with zero attached hydrogens (tertiary/aromatic N) is 5. The zero-order valence-corrected chi connectivity index (χ0v) is 20.5. The molecule has 13 heteroatoms.